The highest BCUT2D eigenvalue weighted by atomic mass is 16.5. The van der Waals surface area contributed by atoms with Crippen molar-refractivity contribution in [2.75, 3.05) is 0 Å². The van der Waals surface area contributed by atoms with Crippen molar-refractivity contribution in [1.82, 2.24) is 0 Å². The minimum Gasteiger partial charge on any atom is -0.423 e. The number of ether oxygens (including phenoxy) is 1. The van der Waals surface area contributed by atoms with E-state index in [9.17, 15) is 4.79 Å². The monoisotopic (exact) mass is 140 g/mol. The zero-order valence-electron chi connectivity index (χ0n) is 6.60. The van der Waals surface area contributed by atoms with E-state index in [1.54, 1.807) is 6.08 Å². The molecule has 0 unspecified atom stereocenters. The minimum absolute atomic E-state index is 0.286. The standard InChI is InChI=1S/C8H12O2/c1-4-6-8(5-2)10-7(3)9/h4H,5H2,1-3H3. The molecule has 0 heterocycles. The Hall–Kier alpha value is -1.01. The van der Waals surface area contributed by atoms with Crippen molar-refractivity contribution >= 4 is 5.97 Å². The fraction of sp³-hybridized carbons (Fsp3) is 0.500. The highest BCUT2D eigenvalue weighted by Gasteiger charge is 1.95. The summed E-state index contributed by atoms with van der Waals surface area (Å²) in [5.74, 6) is 0.307. The zero-order chi connectivity index (χ0) is 7.98. The molecule has 0 radical (unpaired) electrons. The molecule has 0 aromatic heterocycles. The summed E-state index contributed by atoms with van der Waals surface area (Å²) < 4.78 is 4.78. The van der Waals surface area contributed by atoms with Crippen molar-refractivity contribution in [1.29, 1.82) is 0 Å². The van der Waals surface area contributed by atoms with Gasteiger partial charge >= 0.3 is 5.97 Å². The van der Waals surface area contributed by atoms with E-state index in [1.807, 2.05) is 13.8 Å². The van der Waals surface area contributed by atoms with Gasteiger partial charge in [0, 0.05) is 13.3 Å². The van der Waals surface area contributed by atoms with E-state index < -0.39 is 0 Å². The van der Waals surface area contributed by atoms with E-state index in [-0.39, 0.29) is 5.97 Å². The molecule has 0 bridgehead atoms. The van der Waals surface area contributed by atoms with Crippen molar-refractivity contribution in [2.45, 2.75) is 27.2 Å². The van der Waals surface area contributed by atoms with E-state index in [2.05, 4.69) is 5.73 Å². The second-order valence-corrected chi connectivity index (χ2v) is 1.80. The van der Waals surface area contributed by atoms with E-state index in [4.69, 9.17) is 4.74 Å². The molecule has 0 aliphatic carbocycles. The van der Waals surface area contributed by atoms with Crippen LogP contribution >= 0.6 is 0 Å². The fourth-order valence-corrected chi connectivity index (χ4v) is 0.538. The van der Waals surface area contributed by atoms with Gasteiger partial charge in [-0.15, -0.1) is 0 Å². The van der Waals surface area contributed by atoms with Gasteiger partial charge in [-0.05, 0) is 13.0 Å². The number of carbonyl (C=O) groups is 1. The Morgan fingerprint density at radius 3 is 2.60 bits per heavy atom. The molecule has 56 valence electrons. The van der Waals surface area contributed by atoms with Gasteiger partial charge in [-0.25, -0.2) is 0 Å². The maximum atomic E-state index is 10.4. The van der Waals surface area contributed by atoms with Crippen LogP contribution in [0.3, 0.4) is 0 Å². The van der Waals surface area contributed by atoms with Gasteiger partial charge in [0.1, 0.15) is 5.76 Å². The lowest BCUT2D eigenvalue weighted by atomic mass is 10.4. The van der Waals surface area contributed by atoms with Gasteiger partial charge in [0.25, 0.3) is 0 Å². The molecule has 0 fully saturated rings. The molecule has 0 aromatic rings. The predicted octanol–water partition coefficient (Wildman–Crippen LogP) is 2.02. The lowest BCUT2D eigenvalue weighted by Gasteiger charge is -1.98. The fourth-order valence-electron chi connectivity index (χ4n) is 0.538. The summed E-state index contributed by atoms with van der Waals surface area (Å²) in [6, 6.07) is 0. The van der Waals surface area contributed by atoms with E-state index in [1.165, 1.54) is 6.92 Å². The smallest absolute Gasteiger partial charge is 0.308 e. The molecule has 0 N–H and O–H groups in total. The van der Waals surface area contributed by atoms with Gasteiger partial charge in [0.2, 0.25) is 0 Å². The van der Waals surface area contributed by atoms with Crippen LogP contribution in [0.2, 0.25) is 0 Å². The highest BCUT2D eigenvalue weighted by molar-refractivity contribution is 5.67. The Kier molecular flexibility index (Phi) is 4.34. The Bertz CT molecular complexity index is 174. The Morgan fingerprint density at radius 2 is 2.30 bits per heavy atom. The maximum absolute atomic E-state index is 10.4. The van der Waals surface area contributed by atoms with Gasteiger partial charge in [-0.3, -0.25) is 4.79 Å². The number of carbonyl (C=O) groups excluding carboxylic acids is 1. The first-order valence-corrected chi connectivity index (χ1v) is 3.29. The Balaban J connectivity index is 4.10. The van der Waals surface area contributed by atoms with Crippen molar-refractivity contribution < 1.29 is 9.53 Å². The molecule has 10 heavy (non-hydrogen) atoms. The third-order valence-corrected chi connectivity index (χ3v) is 0.893. The molecule has 0 aliphatic heterocycles. The van der Waals surface area contributed by atoms with Crippen LogP contribution in [-0.2, 0) is 9.53 Å². The van der Waals surface area contributed by atoms with Gasteiger partial charge in [-0.1, -0.05) is 12.7 Å². The second-order valence-electron chi connectivity index (χ2n) is 1.80. The van der Waals surface area contributed by atoms with Crippen molar-refractivity contribution in [3.8, 4) is 0 Å². The van der Waals surface area contributed by atoms with Crippen LogP contribution in [0.5, 0.6) is 0 Å². The molecular weight excluding hydrogens is 128 g/mol. The Labute approximate surface area is 61.2 Å². The van der Waals surface area contributed by atoms with Crippen LogP contribution in [0.4, 0.5) is 0 Å². The number of allylic oxidation sites excluding steroid dienone is 1. The molecule has 2 heteroatoms. The van der Waals surface area contributed by atoms with Crippen LogP contribution < -0.4 is 0 Å². The van der Waals surface area contributed by atoms with Gasteiger partial charge < -0.3 is 4.74 Å². The summed E-state index contributed by atoms with van der Waals surface area (Å²) in [5.41, 5.74) is 2.81. The third kappa shape index (κ3) is 3.93. The first-order valence-electron chi connectivity index (χ1n) is 3.29. The Morgan fingerprint density at radius 1 is 1.70 bits per heavy atom. The topological polar surface area (TPSA) is 26.3 Å². The molecule has 2 nitrogen and oxygen atoms in total. The molecule has 0 saturated heterocycles. The molecule has 0 aromatic carbocycles. The molecule has 0 aliphatic rings. The highest BCUT2D eigenvalue weighted by Crippen LogP contribution is 1.99. The summed E-state index contributed by atoms with van der Waals surface area (Å²) in [5, 5.41) is 0. The number of esters is 1. The quantitative estimate of drug-likeness (QED) is 0.333. The van der Waals surface area contributed by atoms with Crippen LogP contribution in [0.1, 0.15) is 27.2 Å². The minimum atomic E-state index is -0.286. The number of rotatable bonds is 2. The molecule has 0 rings (SSSR count). The zero-order valence-corrected chi connectivity index (χ0v) is 6.60. The SMILES string of the molecule is CC=C=C(CC)OC(C)=O. The molecule has 0 amide bonds. The second kappa shape index (κ2) is 4.83. The van der Waals surface area contributed by atoms with Crippen LogP contribution in [0.25, 0.3) is 0 Å². The molecule has 0 saturated carbocycles. The van der Waals surface area contributed by atoms with E-state index in [0.717, 1.165) is 0 Å². The summed E-state index contributed by atoms with van der Waals surface area (Å²) in [6.45, 7) is 5.13. The van der Waals surface area contributed by atoms with Gasteiger partial charge in [0.05, 0.1) is 0 Å². The molecular formula is C8H12O2. The van der Waals surface area contributed by atoms with Gasteiger partial charge in [-0.2, -0.15) is 0 Å². The van der Waals surface area contributed by atoms with Crippen molar-refractivity contribution in [3.63, 3.8) is 0 Å². The van der Waals surface area contributed by atoms with E-state index in [0.29, 0.717) is 12.2 Å². The van der Waals surface area contributed by atoms with Crippen LogP contribution in [0.15, 0.2) is 17.6 Å². The molecule has 0 atom stereocenters. The predicted molar refractivity (Wildman–Crippen MR) is 39.3 cm³/mol. The van der Waals surface area contributed by atoms with Crippen molar-refractivity contribution in [2.24, 2.45) is 0 Å². The first kappa shape index (κ1) is 8.99. The summed E-state index contributed by atoms with van der Waals surface area (Å²) in [7, 11) is 0. The third-order valence-electron chi connectivity index (χ3n) is 0.893. The van der Waals surface area contributed by atoms with Crippen LogP contribution in [0, 0.1) is 0 Å². The largest absolute Gasteiger partial charge is 0.423 e. The first-order chi connectivity index (χ1) is 4.70. The molecule has 0 spiro atoms. The average Bonchev–Trinajstić information content (AvgIpc) is 1.86. The lowest BCUT2D eigenvalue weighted by molar-refractivity contribution is -0.137. The number of hydrogen-bond acceptors (Lipinski definition) is 2. The summed E-state index contributed by atoms with van der Waals surface area (Å²) in [6.07, 6.45) is 2.42. The summed E-state index contributed by atoms with van der Waals surface area (Å²) in [4.78, 5) is 10.4. The van der Waals surface area contributed by atoms with Crippen molar-refractivity contribution in [3.05, 3.63) is 17.6 Å². The van der Waals surface area contributed by atoms with Crippen LogP contribution in [-0.4, -0.2) is 5.97 Å². The number of hydrogen-bond donors (Lipinski definition) is 0. The normalized spacial score (nSPS) is 7.90. The maximum Gasteiger partial charge on any atom is 0.308 e. The van der Waals surface area contributed by atoms with Gasteiger partial charge in [0.15, 0.2) is 0 Å². The average molecular weight is 140 g/mol. The van der Waals surface area contributed by atoms with E-state index >= 15 is 0 Å². The lowest BCUT2D eigenvalue weighted by Crippen LogP contribution is -1.96. The summed E-state index contributed by atoms with van der Waals surface area (Å²) >= 11 is 0.